The first kappa shape index (κ1) is 11.0. The molecule has 2 aromatic rings. The smallest absolute Gasteiger partial charge is 0.137 e. The molecule has 2 heterocycles. The fourth-order valence-electron chi connectivity index (χ4n) is 1.74. The van der Waals surface area contributed by atoms with Crippen molar-refractivity contribution in [3.8, 4) is 11.3 Å². The second-order valence-corrected chi connectivity index (χ2v) is 4.01. The molecule has 0 saturated heterocycles. The van der Waals surface area contributed by atoms with Gasteiger partial charge in [-0.25, -0.2) is 0 Å². The topological polar surface area (TPSA) is 57.0 Å². The second-order valence-electron chi connectivity index (χ2n) is 4.01. The standard InChI is InChI=1S/C12H17N3O/c1-4-10-9(7-15(3)14-10)12-6-5-11(16-12)8(2)13/h5-8H,4,13H2,1-3H3. The molecule has 16 heavy (non-hydrogen) atoms. The minimum absolute atomic E-state index is 0.0736. The normalized spacial score (nSPS) is 13.0. The molecule has 0 spiro atoms. The summed E-state index contributed by atoms with van der Waals surface area (Å²) in [5, 5.41) is 4.39. The van der Waals surface area contributed by atoms with E-state index in [2.05, 4.69) is 12.0 Å². The van der Waals surface area contributed by atoms with Gasteiger partial charge in [-0.3, -0.25) is 4.68 Å². The predicted octanol–water partition coefficient (Wildman–Crippen LogP) is 2.26. The Labute approximate surface area is 95.1 Å². The van der Waals surface area contributed by atoms with E-state index in [1.54, 1.807) is 0 Å². The summed E-state index contributed by atoms with van der Waals surface area (Å²) < 4.78 is 7.52. The van der Waals surface area contributed by atoms with Crippen LogP contribution in [0.15, 0.2) is 22.7 Å². The summed E-state index contributed by atoms with van der Waals surface area (Å²) in [6.07, 6.45) is 2.87. The van der Waals surface area contributed by atoms with Crippen molar-refractivity contribution in [2.24, 2.45) is 12.8 Å². The lowest BCUT2D eigenvalue weighted by Gasteiger charge is -1.99. The third kappa shape index (κ3) is 1.88. The van der Waals surface area contributed by atoms with E-state index in [0.717, 1.165) is 29.2 Å². The molecule has 4 heteroatoms. The molecule has 2 N–H and O–H groups in total. The van der Waals surface area contributed by atoms with Gasteiger partial charge in [0.1, 0.15) is 11.5 Å². The van der Waals surface area contributed by atoms with Crippen LogP contribution < -0.4 is 5.73 Å². The molecule has 2 aromatic heterocycles. The zero-order valence-electron chi connectivity index (χ0n) is 9.90. The van der Waals surface area contributed by atoms with Crippen LogP contribution >= 0.6 is 0 Å². The average Bonchev–Trinajstić information content (AvgIpc) is 2.82. The van der Waals surface area contributed by atoms with E-state index in [0.29, 0.717) is 0 Å². The molecule has 0 aliphatic heterocycles. The number of aromatic nitrogens is 2. The molecule has 86 valence electrons. The number of hydrogen-bond donors (Lipinski definition) is 1. The van der Waals surface area contributed by atoms with Gasteiger partial charge < -0.3 is 10.2 Å². The highest BCUT2D eigenvalue weighted by molar-refractivity contribution is 5.59. The van der Waals surface area contributed by atoms with Crippen LogP contribution in [0.3, 0.4) is 0 Å². The molecule has 2 rings (SSSR count). The number of aryl methyl sites for hydroxylation is 2. The van der Waals surface area contributed by atoms with E-state index >= 15 is 0 Å². The lowest BCUT2D eigenvalue weighted by Crippen LogP contribution is -2.02. The summed E-state index contributed by atoms with van der Waals surface area (Å²) in [6.45, 7) is 3.99. The van der Waals surface area contributed by atoms with Crippen LogP contribution in [0.5, 0.6) is 0 Å². The molecule has 4 nitrogen and oxygen atoms in total. The Morgan fingerprint density at radius 1 is 1.50 bits per heavy atom. The lowest BCUT2D eigenvalue weighted by atomic mass is 10.1. The number of nitrogens with zero attached hydrogens (tertiary/aromatic N) is 2. The van der Waals surface area contributed by atoms with Crippen LogP contribution in [0, 0.1) is 0 Å². The van der Waals surface area contributed by atoms with E-state index in [1.807, 2.05) is 37.0 Å². The van der Waals surface area contributed by atoms with Gasteiger partial charge in [-0.2, -0.15) is 5.10 Å². The van der Waals surface area contributed by atoms with Crippen LogP contribution in [0.1, 0.15) is 31.3 Å². The summed E-state index contributed by atoms with van der Waals surface area (Å²) in [7, 11) is 1.91. The van der Waals surface area contributed by atoms with Gasteiger partial charge in [0.25, 0.3) is 0 Å². The summed E-state index contributed by atoms with van der Waals surface area (Å²) in [5.41, 5.74) is 7.87. The Balaban J connectivity index is 2.41. The van der Waals surface area contributed by atoms with Crippen LogP contribution in [0.25, 0.3) is 11.3 Å². The first-order valence-electron chi connectivity index (χ1n) is 5.50. The van der Waals surface area contributed by atoms with Gasteiger partial charge in [-0.15, -0.1) is 0 Å². The molecule has 0 saturated carbocycles. The van der Waals surface area contributed by atoms with Gasteiger partial charge in [0.2, 0.25) is 0 Å². The van der Waals surface area contributed by atoms with E-state index in [4.69, 9.17) is 10.2 Å². The first-order chi connectivity index (χ1) is 7.61. The summed E-state index contributed by atoms with van der Waals surface area (Å²) >= 11 is 0. The molecular weight excluding hydrogens is 202 g/mol. The number of furan rings is 1. The van der Waals surface area contributed by atoms with Crippen molar-refractivity contribution in [1.82, 2.24) is 9.78 Å². The molecule has 0 fully saturated rings. The van der Waals surface area contributed by atoms with E-state index in [1.165, 1.54) is 0 Å². The van der Waals surface area contributed by atoms with Gasteiger partial charge in [0.05, 0.1) is 17.3 Å². The average molecular weight is 219 g/mol. The van der Waals surface area contributed by atoms with Crippen molar-refractivity contribution < 1.29 is 4.42 Å². The Kier molecular flexibility index (Phi) is 2.83. The molecule has 0 aliphatic rings. The molecule has 0 aliphatic carbocycles. The Bertz CT molecular complexity index is 482. The maximum atomic E-state index is 5.77. The van der Waals surface area contributed by atoms with Crippen LogP contribution in [0.2, 0.25) is 0 Å². The molecule has 0 amide bonds. The number of hydrogen-bond acceptors (Lipinski definition) is 3. The summed E-state index contributed by atoms with van der Waals surface area (Å²) in [4.78, 5) is 0. The van der Waals surface area contributed by atoms with Crippen molar-refractivity contribution in [3.63, 3.8) is 0 Å². The predicted molar refractivity (Wildman–Crippen MR) is 62.9 cm³/mol. The monoisotopic (exact) mass is 219 g/mol. The van der Waals surface area contributed by atoms with E-state index in [9.17, 15) is 0 Å². The van der Waals surface area contributed by atoms with Gasteiger partial charge in [0, 0.05) is 13.2 Å². The maximum absolute atomic E-state index is 5.77. The van der Waals surface area contributed by atoms with Crippen LogP contribution in [-0.4, -0.2) is 9.78 Å². The molecule has 1 unspecified atom stereocenters. The van der Waals surface area contributed by atoms with Gasteiger partial charge >= 0.3 is 0 Å². The Hall–Kier alpha value is -1.55. The Morgan fingerprint density at radius 2 is 2.25 bits per heavy atom. The molecule has 0 aromatic carbocycles. The van der Waals surface area contributed by atoms with E-state index < -0.39 is 0 Å². The summed E-state index contributed by atoms with van der Waals surface area (Å²) in [6, 6.07) is 3.80. The highest BCUT2D eigenvalue weighted by atomic mass is 16.3. The highest BCUT2D eigenvalue weighted by Crippen LogP contribution is 2.27. The number of rotatable bonds is 3. The molecule has 0 bridgehead atoms. The van der Waals surface area contributed by atoms with E-state index in [-0.39, 0.29) is 6.04 Å². The van der Waals surface area contributed by atoms with Crippen molar-refractivity contribution in [2.75, 3.05) is 0 Å². The largest absolute Gasteiger partial charge is 0.459 e. The quantitative estimate of drug-likeness (QED) is 0.861. The van der Waals surface area contributed by atoms with Crippen molar-refractivity contribution in [2.45, 2.75) is 26.3 Å². The zero-order valence-corrected chi connectivity index (χ0v) is 9.90. The zero-order chi connectivity index (χ0) is 11.7. The summed E-state index contributed by atoms with van der Waals surface area (Å²) in [5.74, 6) is 1.65. The third-order valence-corrected chi connectivity index (χ3v) is 2.58. The third-order valence-electron chi connectivity index (χ3n) is 2.58. The van der Waals surface area contributed by atoms with Gasteiger partial charge in [0.15, 0.2) is 0 Å². The fraction of sp³-hybridized carbons (Fsp3) is 0.417. The Morgan fingerprint density at radius 3 is 2.81 bits per heavy atom. The van der Waals surface area contributed by atoms with Crippen LogP contribution in [0.4, 0.5) is 0 Å². The molecule has 0 radical (unpaired) electrons. The fourth-order valence-corrected chi connectivity index (χ4v) is 1.74. The highest BCUT2D eigenvalue weighted by Gasteiger charge is 2.13. The second kappa shape index (κ2) is 4.14. The molecule has 1 atom stereocenters. The SMILES string of the molecule is CCc1nn(C)cc1-c1ccc(C(C)N)o1. The first-order valence-corrected chi connectivity index (χ1v) is 5.50. The minimum atomic E-state index is -0.0736. The van der Waals surface area contributed by atoms with Gasteiger partial charge in [-0.1, -0.05) is 6.92 Å². The number of nitrogens with two attached hydrogens (primary N) is 1. The van der Waals surface area contributed by atoms with Crippen molar-refractivity contribution >= 4 is 0 Å². The minimum Gasteiger partial charge on any atom is -0.459 e. The lowest BCUT2D eigenvalue weighted by molar-refractivity contribution is 0.490. The molecular formula is C12H17N3O. The van der Waals surface area contributed by atoms with Crippen molar-refractivity contribution in [3.05, 3.63) is 29.8 Å². The van der Waals surface area contributed by atoms with Gasteiger partial charge in [-0.05, 0) is 25.5 Å². The van der Waals surface area contributed by atoms with Crippen molar-refractivity contribution in [1.29, 1.82) is 0 Å². The van der Waals surface area contributed by atoms with Crippen LogP contribution in [-0.2, 0) is 13.5 Å². The maximum Gasteiger partial charge on any atom is 0.137 e.